The van der Waals surface area contributed by atoms with Crippen molar-refractivity contribution in [2.45, 2.75) is 13.0 Å². The van der Waals surface area contributed by atoms with E-state index in [2.05, 4.69) is 4.98 Å². The molecule has 0 aliphatic rings. The first kappa shape index (κ1) is 10.6. The van der Waals surface area contributed by atoms with Crippen molar-refractivity contribution in [1.82, 2.24) is 4.98 Å². The predicted octanol–water partition coefficient (Wildman–Crippen LogP) is 1.66. The number of pyridine rings is 1. The van der Waals surface area contributed by atoms with Gasteiger partial charge in [-0.1, -0.05) is 0 Å². The molecule has 6 heteroatoms. The number of halogens is 3. The van der Waals surface area contributed by atoms with E-state index < -0.39 is 6.43 Å². The molecule has 0 atom stereocenters. The van der Waals surface area contributed by atoms with Crippen LogP contribution in [0.2, 0.25) is 0 Å². The second-order valence-corrected chi connectivity index (χ2v) is 3.42. The molecule has 0 saturated heterocycles. The fourth-order valence-electron chi connectivity index (χ4n) is 1.00. The minimum atomic E-state index is -2.58. The molecular weight excluding hydrogens is 291 g/mol. The number of hydrogen-bond acceptors (Lipinski definition) is 3. The van der Waals surface area contributed by atoms with E-state index in [4.69, 9.17) is 11.5 Å². The van der Waals surface area contributed by atoms with Crippen molar-refractivity contribution in [3.63, 3.8) is 0 Å². The highest BCUT2D eigenvalue weighted by Gasteiger charge is 2.18. The second-order valence-electron chi connectivity index (χ2n) is 2.40. The number of aromatic nitrogens is 1. The summed E-state index contributed by atoms with van der Waals surface area (Å²) in [5, 5.41) is 0. The van der Waals surface area contributed by atoms with Crippen LogP contribution in [0.4, 0.5) is 14.5 Å². The third kappa shape index (κ3) is 2.05. The van der Waals surface area contributed by atoms with Crippen LogP contribution in [-0.2, 0) is 6.54 Å². The molecule has 1 heterocycles. The van der Waals surface area contributed by atoms with Crippen molar-refractivity contribution >= 4 is 28.3 Å². The number of nitrogens with zero attached hydrogens (tertiary/aromatic N) is 1. The van der Waals surface area contributed by atoms with Gasteiger partial charge in [-0.2, -0.15) is 0 Å². The van der Waals surface area contributed by atoms with E-state index in [1.165, 1.54) is 6.20 Å². The zero-order valence-electron chi connectivity index (χ0n) is 6.60. The molecule has 0 aromatic carbocycles. The van der Waals surface area contributed by atoms with Crippen molar-refractivity contribution in [2.75, 3.05) is 5.73 Å². The minimum Gasteiger partial charge on any atom is -0.397 e. The van der Waals surface area contributed by atoms with Gasteiger partial charge in [0.1, 0.15) is 3.70 Å². The first-order chi connectivity index (χ1) is 6.07. The molecule has 1 aromatic heterocycles. The minimum absolute atomic E-state index is 0.00400. The summed E-state index contributed by atoms with van der Waals surface area (Å²) in [5.74, 6) is 0. The zero-order valence-corrected chi connectivity index (χ0v) is 8.76. The van der Waals surface area contributed by atoms with Gasteiger partial charge >= 0.3 is 0 Å². The SMILES string of the molecule is NCc1c(N)cnc(I)c1C(F)F. The van der Waals surface area contributed by atoms with Crippen LogP contribution in [0.5, 0.6) is 0 Å². The largest absolute Gasteiger partial charge is 0.397 e. The summed E-state index contributed by atoms with van der Waals surface area (Å²) in [6, 6.07) is 0. The Morgan fingerprint density at radius 1 is 1.54 bits per heavy atom. The zero-order chi connectivity index (χ0) is 10.0. The average Bonchev–Trinajstić information content (AvgIpc) is 2.07. The van der Waals surface area contributed by atoms with Gasteiger partial charge in [-0.05, 0) is 22.6 Å². The first-order valence-corrected chi connectivity index (χ1v) is 4.56. The Labute approximate surface area is 87.7 Å². The Morgan fingerprint density at radius 3 is 2.54 bits per heavy atom. The maximum atomic E-state index is 12.5. The molecule has 0 spiro atoms. The van der Waals surface area contributed by atoms with Crippen LogP contribution in [0.3, 0.4) is 0 Å². The summed E-state index contributed by atoms with van der Waals surface area (Å²) in [6.07, 6.45) is -1.24. The van der Waals surface area contributed by atoms with Crippen molar-refractivity contribution in [3.05, 3.63) is 21.0 Å². The number of rotatable bonds is 2. The molecule has 72 valence electrons. The van der Waals surface area contributed by atoms with Crippen molar-refractivity contribution in [1.29, 1.82) is 0 Å². The van der Waals surface area contributed by atoms with Crippen LogP contribution in [0.15, 0.2) is 6.20 Å². The van der Waals surface area contributed by atoms with Crippen LogP contribution < -0.4 is 11.5 Å². The third-order valence-electron chi connectivity index (χ3n) is 1.64. The third-order valence-corrected chi connectivity index (χ3v) is 2.49. The summed E-state index contributed by atoms with van der Waals surface area (Å²) in [6.45, 7) is 0.00400. The highest BCUT2D eigenvalue weighted by molar-refractivity contribution is 14.1. The Hall–Kier alpha value is -0.500. The monoisotopic (exact) mass is 299 g/mol. The number of anilines is 1. The van der Waals surface area contributed by atoms with E-state index in [0.717, 1.165) is 0 Å². The van der Waals surface area contributed by atoms with Crippen molar-refractivity contribution < 1.29 is 8.78 Å². The van der Waals surface area contributed by atoms with Gasteiger partial charge in [0.15, 0.2) is 0 Å². The van der Waals surface area contributed by atoms with Gasteiger partial charge in [0, 0.05) is 12.1 Å². The van der Waals surface area contributed by atoms with Crippen molar-refractivity contribution in [2.24, 2.45) is 5.73 Å². The van der Waals surface area contributed by atoms with Gasteiger partial charge in [0.2, 0.25) is 0 Å². The van der Waals surface area contributed by atoms with Crippen LogP contribution in [-0.4, -0.2) is 4.98 Å². The summed E-state index contributed by atoms with van der Waals surface area (Å²) in [4.78, 5) is 3.73. The van der Waals surface area contributed by atoms with E-state index in [9.17, 15) is 8.78 Å². The predicted molar refractivity (Wildman–Crippen MR) is 54.2 cm³/mol. The van der Waals surface area contributed by atoms with Gasteiger partial charge in [-0.25, -0.2) is 13.8 Å². The fraction of sp³-hybridized carbons (Fsp3) is 0.286. The summed E-state index contributed by atoms with van der Waals surface area (Å²) < 4.78 is 25.3. The number of alkyl halides is 2. The molecule has 3 nitrogen and oxygen atoms in total. The molecule has 13 heavy (non-hydrogen) atoms. The molecule has 0 fully saturated rings. The molecule has 0 bridgehead atoms. The Morgan fingerprint density at radius 2 is 2.15 bits per heavy atom. The lowest BCUT2D eigenvalue weighted by Crippen LogP contribution is -2.09. The van der Waals surface area contributed by atoms with Crippen LogP contribution >= 0.6 is 22.6 Å². The molecule has 1 rings (SSSR count). The molecule has 0 saturated carbocycles. The number of nitrogens with two attached hydrogens (primary N) is 2. The lowest BCUT2D eigenvalue weighted by atomic mass is 10.1. The van der Waals surface area contributed by atoms with E-state index >= 15 is 0 Å². The summed E-state index contributed by atoms with van der Waals surface area (Å²) >= 11 is 1.74. The topological polar surface area (TPSA) is 64.9 Å². The lowest BCUT2D eigenvalue weighted by Gasteiger charge is -2.10. The molecule has 0 amide bonds. The average molecular weight is 299 g/mol. The maximum Gasteiger partial charge on any atom is 0.266 e. The Kier molecular flexibility index (Phi) is 3.37. The number of hydrogen-bond donors (Lipinski definition) is 2. The Balaban J connectivity index is 3.35. The molecule has 0 unspecified atom stereocenters. The standard InChI is InChI=1S/C7H8F2IN3/c8-6(9)5-3(1-11)4(12)2-13-7(5)10/h2,6H,1,11-12H2. The van der Waals surface area contributed by atoms with E-state index in [0.29, 0.717) is 0 Å². The van der Waals surface area contributed by atoms with Crippen LogP contribution in [0.25, 0.3) is 0 Å². The normalized spacial score (nSPS) is 10.8. The van der Waals surface area contributed by atoms with E-state index in [1.807, 2.05) is 0 Å². The fourth-order valence-corrected chi connectivity index (χ4v) is 1.70. The Bertz CT molecular complexity index is 317. The van der Waals surface area contributed by atoms with Gasteiger partial charge < -0.3 is 11.5 Å². The number of nitrogen functional groups attached to an aromatic ring is 1. The quantitative estimate of drug-likeness (QED) is 0.645. The molecule has 0 aliphatic carbocycles. The lowest BCUT2D eigenvalue weighted by molar-refractivity contribution is 0.149. The molecule has 0 radical (unpaired) electrons. The van der Waals surface area contributed by atoms with Gasteiger partial charge in [-0.15, -0.1) is 0 Å². The maximum absolute atomic E-state index is 12.5. The molecule has 4 N–H and O–H groups in total. The summed E-state index contributed by atoms with van der Waals surface area (Å²) in [5.41, 5.74) is 11.1. The smallest absolute Gasteiger partial charge is 0.266 e. The van der Waals surface area contributed by atoms with E-state index in [1.54, 1.807) is 22.6 Å². The van der Waals surface area contributed by atoms with Crippen LogP contribution in [0.1, 0.15) is 17.6 Å². The van der Waals surface area contributed by atoms with Gasteiger partial charge in [0.25, 0.3) is 6.43 Å². The van der Waals surface area contributed by atoms with Gasteiger partial charge in [-0.3, -0.25) is 0 Å². The highest BCUT2D eigenvalue weighted by atomic mass is 127. The second kappa shape index (κ2) is 4.14. The first-order valence-electron chi connectivity index (χ1n) is 3.49. The van der Waals surface area contributed by atoms with Crippen LogP contribution in [0, 0.1) is 3.70 Å². The van der Waals surface area contributed by atoms with E-state index in [-0.39, 0.29) is 27.1 Å². The molecular formula is C7H8F2IN3. The van der Waals surface area contributed by atoms with Gasteiger partial charge in [0.05, 0.1) is 17.4 Å². The molecule has 1 aromatic rings. The summed E-state index contributed by atoms with van der Waals surface area (Å²) in [7, 11) is 0. The molecule has 0 aliphatic heterocycles. The van der Waals surface area contributed by atoms with Crippen molar-refractivity contribution in [3.8, 4) is 0 Å². The highest BCUT2D eigenvalue weighted by Crippen LogP contribution is 2.29.